The van der Waals surface area contributed by atoms with Gasteiger partial charge in [-0.15, -0.1) is 6.58 Å². The SMILES string of the molecule is C=CCN(CCO)CC1COCC1NC. The highest BCUT2D eigenvalue weighted by atomic mass is 16.5. The van der Waals surface area contributed by atoms with Crippen LogP contribution in [0.5, 0.6) is 0 Å². The maximum absolute atomic E-state index is 8.94. The van der Waals surface area contributed by atoms with Crippen LogP contribution in [0.1, 0.15) is 0 Å². The van der Waals surface area contributed by atoms with Crippen molar-refractivity contribution in [2.24, 2.45) is 5.92 Å². The van der Waals surface area contributed by atoms with Gasteiger partial charge in [-0.05, 0) is 7.05 Å². The lowest BCUT2D eigenvalue weighted by Gasteiger charge is -2.25. The molecule has 4 heteroatoms. The van der Waals surface area contributed by atoms with Gasteiger partial charge in [-0.25, -0.2) is 0 Å². The van der Waals surface area contributed by atoms with E-state index >= 15 is 0 Å². The van der Waals surface area contributed by atoms with Gasteiger partial charge in [0.2, 0.25) is 0 Å². The molecule has 2 unspecified atom stereocenters. The molecular formula is C11H22N2O2. The predicted molar refractivity (Wildman–Crippen MR) is 60.9 cm³/mol. The number of rotatable bonds is 7. The van der Waals surface area contributed by atoms with Crippen molar-refractivity contribution < 1.29 is 9.84 Å². The zero-order valence-electron chi connectivity index (χ0n) is 9.48. The fraction of sp³-hybridized carbons (Fsp3) is 0.818. The van der Waals surface area contributed by atoms with E-state index in [0.29, 0.717) is 18.5 Å². The van der Waals surface area contributed by atoms with Crippen molar-refractivity contribution in [3.63, 3.8) is 0 Å². The first kappa shape index (κ1) is 12.6. The topological polar surface area (TPSA) is 44.7 Å². The molecule has 1 rings (SSSR count). The normalized spacial score (nSPS) is 26.1. The van der Waals surface area contributed by atoms with Crippen molar-refractivity contribution in [3.8, 4) is 0 Å². The molecule has 1 saturated heterocycles. The minimum atomic E-state index is 0.200. The second kappa shape index (κ2) is 6.95. The van der Waals surface area contributed by atoms with Crippen LogP contribution >= 0.6 is 0 Å². The third-order valence-electron chi connectivity index (χ3n) is 2.87. The van der Waals surface area contributed by atoms with E-state index in [1.165, 1.54) is 0 Å². The Labute approximate surface area is 91.9 Å². The molecule has 0 aliphatic carbocycles. The van der Waals surface area contributed by atoms with Gasteiger partial charge in [0.05, 0.1) is 19.8 Å². The summed E-state index contributed by atoms with van der Waals surface area (Å²) >= 11 is 0. The molecule has 0 bridgehead atoms. The molecule has 0 saturated carbocycles. The first-order chi connectivity index (χ1) is 7.31. The van der Waals surface area contributed by atoms with Gasteiger partial charge in [0.1, 0.15) is 0 Å². The van der Waals surface area contributed by atoms with Gasteiger partial charge in [0.15, 0.2) is 0 Å². The van der Waals surface area contributed by atoms with Crippen LogP contribution in [0.2, 0.25) is 0 Å². The third-order valence-corrected chi connectivity index (χ3v) is 2.87. The predicted octanol–water partition coefficient (Wildman–Crippen LogP) is -0.299. The van der Waals surface area contributed by atoms with Crippen LogP contribution in [0.4, 0.5) is 0 Å². The minimum Gasteiger partial charge on any atom is -0.395 e. The number of aliphatic hydroxyl groups excluding tert-OH is 1. The monoisotopic (exact) mass is 214 g/mol. The maximum atomic E-state index is 8.94. The molecule has 1 aliphatic heterocycles. The van der Waals surface area contributed by atoms with E-state index in [-0.39, 0.29) is 6.61 Å². The summed E-state index contributed by atoms with van der Waals surface area (Å²) in [5.41, 5.74) is 0. The molecule has 0 aromatic carbocycles. The fourth-order valence-corrected chi connectivity index (χ4v) is 2.01. The van der Waals surface area contributed by atoms with Gasteiger partial charge < -0.3 is 15.2 Å². The molecular weight excluding hydrogens is 192 g/mol. The fourth-order valence-electron chi connectivity index (χ4n) is 2.01. The molecule has 0 aromatic heterocycles. The molecule has 1 fully saturated rings. The van der Waals surface area contributed by atoms with Gasteiger partial charge in [-0.3, -0.25) is 4.90 Å². The van der Waals surface area contributed by atoms with Crippen LogP contribution in [-0.4, -0.2) is 62.6 Å². The number of ether oxygens (including phenoxy) is 1. The summed E-state index contributed by atoms with van der Waals surface area (Å²) in [5, 5.41) is 12.2. The van der Waals surface area contributed by atoms with Crippen LogP contribution in [-0.2, 0) is 4.74 Å². The molecule has 4 nitrogen and oxygen atoms in total. The van der Waals surface area contributed by atoms with Crippen LogP contribution < -0.4 is 5.32 Å². The van der Waals surface area contributed by atoms with Crippen LogP contribution in [0.15, 0.2) is 12.7 Å². The zero-order chi connectivity index (χ0) is 11.1. The van der Waals surface area contributed by atoms with Gasteiger partial charge in [-0.2, -0.15) is 0 Å². The summed E-state index contributed by atoms with van der Waals surface area (Å²) in [6, 6.07) is 0.441. The highest BCUT2D eigenvalue weighted by Crippen LogP contribution is 2.14. The lowest BCUT2D eigenvalue weighted by molar-refractivity contribution is 0.158. The Balaban J connectivity index is 2.38. The van der Waals surface area contributed by atoms with Crippen LogP contribution in [0, 0.1) is 5.92 Å². The second-order valence-corrected chi connectivity index (χ2v) is 3.96. The Morgan fingerprint density at radius 1 is 1.60 bits per heavy atom. The summed E-state index contributed by atoms with van der Waals surface area (Å²) in [4.78, 5) is 2.21. The van der Waals surface area contributed by atoms with Gasteiger partial charge in [-0.1, -0.05) is 6.08 Å². The van der Waals surface area contributed by atoms with E-state index < -0.39 is 0 Å². The third kappa shape index (κ3) is 3.91. The average Bonchev–Trinajstić information content (AvgIpc) is 2.66. The summed E-state index contributed by atoms with van der Waals surface area (Å²) in [5.74, 6) is 0.515. The highest BCUT2D eigenvalue weighted by Gasteiger charge is 2.27. The number of aliphatic hydroxyl groups is 1. The van der Waals surface area contributed by atoms with Gasteiger partial charge >= 0.3 is 0 Å². The summed E-state index contributed by atoms with van der Waals surface area (Å²) < 4.78 is 5.44. The van der Waals surface area contributed by atoms with E-state index in [4.69, 9.17) is 9.84 Å². The average molecular weight is 214 g/mol. The van der Waals surface area contributed by atoms with Crippen molar-refractivity contribution >= 4 is 0 Å². The number of nitrogens with one attached hydrogen (secondary N) is 1. The van der Waals surface area contributed by atoms with Crippen molar-refractivity contribution in [1.29, 1.82) is 0 Å². The molecule has 1 aliphatic rings. The van der Waals surface area contributed by atoms with E-state index in [1.54, 1.807) is 0 Å². The van der Waals surface area contributed by atoms with Crippen LogP contribution in [0.3, 0.4) is 0 Å². The lowest BCUT2D eigenvalue weighted by Crippen LogP contribution is -2.41. The smallest absolute Gasteiger partial charge is 0.0623 e. The molecule has 0 spiro atoms. The molecule has 0 aromatic rings. The number of hydrogen-bond donors (Lipinski definition) is 2. The highest BCUT2D eigenvalue weighted by molar-refractivity contribution is 4.84. The standard InChI is InChI=1S/C11H22N2O2/c1-3-4-13(5-6-14)7-10-8-15-9-11(10)12-2/h3,10-12,14H,1,4-9H2,2H3. The second-order valence-electron chi connectivity index (χ2n) is 3.96. The Hall–Kier alpha value is -0.420. The molecule has 88 valence electrons. The van der Waals surface area contributed by atoms with Crippen molar-refractivity contribution in [3.05, 3.63) is 12.7 Å². The maximum Gasteiger partial charge on any atom is 0.0623 e. The first-order valence-electron chi connectivity index (χ1n) is 5.51. The van der Waals surface area contributed by atoms with E-state index in [9.17, 15) is 0 Å². The summed E-state index contributed by atoms with van der Waals surface area (Å²) in [6.07, 6.45) is 1.87. The van der Waals surface area contributed by atoms with Crippen LogP contribution in [0.25, 0.3) is 0 Å². The Morgan fingerprint density at radius 3 is 3.00 bits per heavy atom. The molecule has 1 heterocycles. The molecule has 0 amide bonds. The van der Waals surface area contributed by atoms with E-state index in [0.717, 1.165) is 26.3 Å². The Kier molecular flexibility index (Phi) is 5.86. The number of likely N-dealkylation sites (N-methyl/N-ethyl adjacent to an activating group) is 1. The zero-order valence-corrected chi connectivity index (χ0v) is 9.48. The number of nitrogens with zero attached hydrogens (tertiary/aromatic N) is 1. The quantitative estimate of drug-likeness (QED) is 0.571. The molecule has 0 radical (unpaired) electrons. The lowest BCUT2D eigenvalue weighted by atomic mass is 10.0. The molecule has 2 atom stereocenters. The van der Waals surface area contributed by atoms with E-state index in [1.807, 2.05) is 13.1 Å². The van der Waals surface area contributed by atoms with E-state index in [2.05, 4.69) is 16.8 Å². The Bertz CT molecular complexity index is 187. The minimum absolute atomic E-state index is 0.200. The summed E-state index contributed by atoms with van der Waals surface area (Å²) in [7, 11) is 1.97. The van der Waals surface area contributed by atoms with Gasteiger partial charge in [0.25, 0.3) is 0 Å². The largest absolute Gasteiger partial charge is 0.395 e. The van der Waals surface area contributed by atoms with Crippen molar-refractivity contribution in [2.75, 3.05) is 46.5 Å². The first-order valence-corrected chi connectivity index (χ1v) is 5.51. The summed E-state index contributed by atoms with van der Waals surface area (Å²) in [6.45, 7) is 8.02. The Morgan fingerprint density at radius 2 is 2.40 bits per heavy atom. The molecule has 15 heavy (non-hydrogen) atoms. The molecule has 2 N–H and O–H groups in total. The van der Waals surface area contributed by atoms with Crippen molar-refractivity contribution in [1.82, 2.24) is 10.2 Å². The van der Waals surface area contributed by atoms with Gasteiger partial charge in [0, 0.05) is 31.6 Å². The van der Waals surface area contributed by atoms with Crippen molar-refractivity contribution in [2.45, 2.75) is 6.04 Å². The number of hydrogen-bond acceptors (Lipinski definition) is 4.